The van der Waals surface area contributed by atoms with Gasteiger partial charge in [0.2, 0.25) is 0 Å². The van der Waals surface area contributed by atoms with Gasteiger partial charge in [0.05, 0.1) is 26.9 Å². The number of rotatable bonds is 9. The van der Waals surface area contributed by atoms with Crippen LogP contribution in [0.25, 0.3) is 0 Å². The minimum Gasteiger partial charge on any atom is -0.493 e. The molecule has 0 saturated carbocycles. The average Bonchev–Trinajstić information content (AvgIpc) is 2.73. The van der Waals surface area contributed by atoms with E-state index in [9.17, 15) is 0 Å². The predicted octanol–water partition coefficient (Wildman–Crippen LogP) is 3.28. The number of hydrogen-bond acceptors (Lipinski definition) is 6. The third-order valence-corrected chi connectivity index (χ3v) is 5.10. The van der Waals surface area contributed by atoms with Crippen LogP contribution in [0.3, 0.4) is 0 Å². The normalized spacial score (nSPS) is 15.7. The van der Waals surface area contributed by atoms with Crippen molar-refractivity contribution >= 4 is 0 Å². The fraction of sp³-hybridized carbons (Fsp3) is 0.478. The largest absolute Gasteiger partial charge is 0.493 e. The molecule has 0 aromatic heterocycles. The highest BCUT2D eigenvalue weighted by atomic mass is 16.5. The van der Waals surface area contributed by atoms with Gasteiger partial charge in [0.1, 0.15) is 6.61 Å². The average molecular weight is 401 g/mol. The third-order valence-electron chi connectivity index (χ3n) is 5.10. The quantitative estimate of drug-likeness (QED) is 0.697. The molecule has 2 aromatic rings. The summed E-state index contributed by atoms with van der Waals surface area (Å²) in [6.07, 6.45) is 0.939. The fourth-order valence-corrected chi connectivity index (χ4v) is 3.67. The first-order chi connectivity index (χ1) is 14.1. The van der Waals surface area contributed by atoms with Gasteiger partial charge >= 0.3 is 0 Å². The molecule has 1 atom stereocenters. The van der Waals surface area contributed by atoms with E-state index in [4.69, 9.17) is 18.9 Å². The zero-order valence-corrected chi connectivity index (χ0v) is 18.1. The van der Waals surface area contributed by atoms with E-state index in [0.717, 1.165) is 48.1 Å². The molecular weight excluding hydrogens is 368 g/mol. The number of benzene rings is 2. The molecule has 0 spiro atoms. The number of nitrogens with zero attached hydrogens (tertiary/aromatic N) is 1. The van der Waals surface area contributed by atoms with Crippen LogP contribution in [0.5, 0.6) is 23.0 Å². The van der Waals surface area contributed by atoms with E-state index in [-0.39, 0.29) is 6.04 Å². The van der Waals surface area contributed by atoms with Gasteiger partial charge in [-0.05, 0) is 56.8 Å². The van der Waals surface area contributed by atoms with Crippen LogP contribution in [0.2, 0.25) is 0 Å². The first kappa shape index (κ1) is 21.3. The van der Waals surface area contributed by atoms with Crippen molar-refractivity contribution in [3.63, 3.8) is 0 Å². The standard InChI is InChI=1S/C23H32N2O4/c1-6-28-23-17(8-7-9-19(23)26-4)22-18-15-21(29-13-12-25(2)3)20(27-5)14-16(18)10-11-24-22/h7-9,14-15,22,24H,6,10-13H2,1-5H3. The molecule has 6 heteroatoms. The van der Waals surface area contributed by atoms with Crippen molar-refractivity contribution in [3.8, 4) is 23.0 Å². The van der Waals surface area contributed by atoms with Crippen LogP contribution in [-0.4, -0.2) is 59.5 Å². The van der Waals surface area contributed by atoms with E-state index in [1.807, 2.05) is 33.2 Å². The van der Waals surface area contributed by atoms with Crippen LogP contribution in [0.1, 0.15) is 29.7 Å². The lowest BCUT2D eigenvalue weighted by Gasteiger charge is -2.30. The minimum atomic E-state index is -0.00231. The molecule has 1 unspecified atom stereocenters. The van der Waals surface area contributed by atoms with Crippen LogP contribution in [0.15, 0.2) is 30.3 Å². The zero-order chi connectivity index (χ0) is 20.8. The minimum absolute atomic E-state index is 0.00231. The number of ether oxygens (including phenoxy) is 4. The molecule has 0 bridgehead atoms. The molecule has 0 aliphatic carbocycles. The van der Waals surface area contributed by atoms with Gasteiger partial charge < -0.3 is 29.2 Å². The number of para-hydroxylation sites is 1. The summed E-state index contributed by atoms with van der Waals surface area (Å²) >= 11 is 0. The lowest BCUT2D eigenvalue weighted by Crippen LogP contribution is -2.31. The highest BCUT2D eigenvalue weighted by Crippen LogP contribution is 2.42. The Morgan fingerprint density at radius 1 is 1.00 bits per heavy atom. The lowest BCUT2D eigenvalue weighted by atomic mass is 9.88. The van der Waals surface area contributed by atoms with E-state index >= 15 is 0 Å². The Kier molecular flexibility index (Phi) is 7.23. The molecule has 2 aromatic carbocycles. The van der Waals surface area contributed by atoms with Crippen LogP contribution < -0.4 is 24.3 Å². The summed E-state index contributed by atoms with van der Waals surface area (Å²) in [6.45, 7) is 4.88. The van der Waals surface area contributed by atoms with Crippen molar-refractivity contribution in [3.05, 3.63) is 47.0 Å². The van der Waals surface area contributed by atoms with Crippen molar-refractivity contribution in [2.24, 2.45) is 0 Å². The van der Waals surface area contributed by atoms with E-state index in [2.05, 4.69) is 28.4 Å². The molecule has 0 radical (unpaired) electrons. The second kappa shape index (κ2) is 9.85. The Hall–Kier alpha value is -2.44. The summed E-state index contributed by atoms with van der Waals surface area (Å²) < 4.78 is 23.2. The number of hydrogen-bond donors (Lipinski definition) is 1. The maximum Gasteiger partial charge on any atom is 0.166 e. The Morgan fingerprint density at radius 3 is 2.48 bits per heavy atom. The summed E-state index contributed by atoms with van der Waals surface area (Å²) in [6, 6.07) is 10.2. The maximum atomic E-state index is 6.06. The van der Waals surface area contributed by atoms with Gasteiger partial charge in [-0.15, -0.1) is 0 Å². The lowest BCUT2D eigenvalue weighted by molar-refractivity contribution is 0.250. The van der Waals surface area contributed by atoms with E-state index in [1.165, 1.54) is 11.1 Å². The molecule has 6 nitrogen and oxygen atoms in total. The second-order valence-electron chi connectivity index (χ2n) is 7.30. The van der Waals surface area contributed by atoms with Crippen LogP contribution in [0, 0.1) is 0 Å². The molecule has 1 aliphatic rings. The topological polar surface area (TPSA) is 52.2 Å². The van der Waals surface area contributed by atoms with Gasteiger partial charge in [-0.1, -0.05) is 12.1 Å². The molecule has 29 heavy (non-hydrogen) atoms. The highest BCUT2D eigenvalue weighted by Gasteiger charge is 2.27. The smallest absolute Gasteiger partial charge is 0.166 e. The highest BCUT2D eigenvalue weighted by molar-refractivity contribution is 5.56. The van der Waals surface area contributed by atoms with Crippen molar-refractivity contribution in [2.75, 3.05) is 54.6 Å². The summed E-state index contributed by atoms with van der Waals surface area (Å²) in [7, 11) is 7.43. The summed E-state index contributed by atoms with van der Waals surface area (Å²) in [4.78, 5) is 2.10. The summed E-state index contributed by atoms with van der Waals surface area (Å²) in [5.41, 5.74) is 3.51. The van der Waals surface area contributed by atoms with E-state index in [1.54, 1.807) is 14.2 Å². The van der Waals surface area contributed by atoms with E-state index in [0.29, 0.717) is 13.2 Å². The molecule has 1 N–H and O–H groups in total. The van der Waals surface area contributed by atoms with Gasteiger partial charge in [0, 0.05) is 18.7 Å². The molecule has 0 amide bonds. The van der Waals surface area contributed by atoms with E-state index < -0.39 is 0 Å². The van der Waals surface area contributed by atoms with Crippen molar-refractivity contribution < 1.29 is 18.9 Å². The van der Waals surface area contributed by atoms with Crippen molar-refractivity contribution in [1.29, 1.82) is 0 Å². The molecule has 3 rings (SSSR count). The van der Waals surface area contributed by atoms with Gasteiger partial charge in [0.15, 0.2) is 23.0 Å². The van der Waals surface area contributed by atoms with Gasteiger partial charge in [-0.3, -0.25) is 0 Å². The fourth-order valence-electron chi connectivity index (χ4n) is 3.67. The SMILES string of the molecule is CCOc1c(OC)cccc1C1NCCc2cc(OC)c(OCCN(C)C)cc21. The van der Waals surface area contributed by atoms with Gasteiger partial charge in [0.25, 0.3) is 0 Å². The first-order valence-electron chi connectivity index (χ1n) is 10.1. The van der Waals surface area contributed by atoms with Gasteiger partial charge in [-0.25, -0.2) is 0 Å². The molecule has 0 saturated heterocycles. The van der Waals surface area contributed by atoms with Crippen LogP contribution in [0.4, 0.5) is 0 Å². The second-order valence-corrected chi connectivity index (χ2v) is 7.30. The van der Waals surface area contributed by atoms with Gasteiger partial charge in [-0.2, -0.15) is 0 Å². The molecule has 1 aliphatic heterocycles. The summed E-state index contributed by atoms with van der Waals surface area (Å²) in [5.74, 6) is 3.07. The number of likely N-dealkylation sites (N-methyl/N-ethyl adjacent to an activating group) is 1. The number of methoxy groups -OCH3 is 2. The molecule has 158 valence electrons. The van der Waals surface area contributed by atoms with Crippen LogP contribution >= 0.6 is 0 Å². The zero-order valence-electron chi connectivity index (χ0n) is 18.1. The van der Waals surface area contributed by atoms with Crippen molar-refractivity contribution in [2.45, 2.75) is 19.4 Å². The number of nitrogens with one attached hydrogen (secondary N) is 1. The maximum absolute atomic E-state index is 6.06. The Morgan fingerprint density at radius 2 is 1.79 bits per heavy atom. The molecule has 0 fully saturated rings. The Balaban J connectivity index is 2.01. The number of fused-ring (bicyclic) bond motifs is 1. The third kappa shape index (κ3) is 4.77. The molecular formula is C23H32N2O4. The van der Waals surface area contributed by atoms with Crippen molar-refractivity contribution in [1.82, 2.24) is 10.2 Å². The Bertz CT molecular complexity index is 823. The monoisotopic (exact) mass is 400 g/mol. The van der Waals surface area contributed by atoms with Crippen LogP contribution in [-0.2, 0) is 6.42 Å². The first-order valence-corrected chi connectivity index (χ1v) is 10.1. The Labute approximate surface area is 173 Å². The summed E-state index contributed by atoms with van der Waals surface area (Å²) in [5, 5.41) is 3.64. The predicted molar refractivity (Wildman–Crippen MR) is 115 cm³/mol. The molecule has 1 heterocycles.